The molecule has 2 heterocycles. The number of nitrogens with one attached hydrogen (secondary N) is 1. The SMILES string of the molecule is CCN1CCN([C@H]2CNC[C@H](C(=O)O)C2)CC1. The molecule has 5 heteroatoms. The third-order valence-electron chi connectivity index (χ3n) is 4.05. The summed E-state index contributed by atoms with van der Waals surface area (Å²) in [4.78, 5) is 15.9. The molecule has 0 unspecified atom stereocenters. The van der Waals surface area contributed by atoms with Crippen molar-refractivity contribution in [2.75, 3.05) is 45.8 Å². The molecule has 2 aliphatic rings. The first-order chi connectivity index (χ1) is 8.20. The van der Waals surface area contributed by atoms with Crippen molar-refractivity contribution in [3.8, 4) is 0 Å². The third kappa shape index (κ3) is 3.18. The van der Waals surface area contributed by atoms with Gasteiger partial charge in [0.2, 0.25) is 0 Å². The Morgan fingerprint density at radius 3 is 2.59 bits per heavy atom. The number of hydrogen-bond acceptors (Lipinski definition) is 4. The first-order valence-electron chi connectivity index (χ1n) is 6.60. The maximum absolute atomic E-state index is 11.0. The fourth-order valence-electron chi connectivity index (χ4n) is 2.83. The Hall–Kier alpha value is -0.650. The van der Waals surface area contributed by atoms with Crippen LogP contribution in [-0.2, 0) is 4.79 Å². The van der Waals surface area contributed by atoms with Crippen molar-refractivity contribution >= 4 is 5.97 Å². The van der Waals surface area contributed by atoms with Crippen LogP contribution in [0.3, 0.4) is 0 Å². The van der Waals surface area contributed by atoms with Gasteiger partial charge in [-0.25, -0.2) is 0 Å². The molecule has 2 N–H and O–H groups in total. The molecule has 98 valence electrons. The van der Waals surface area contributed by atoms with Gasteiger partial charge >= 0.3 is 5.97 Å². The van der Waals surface area contributed by atoms with Gasteiger partial charge in [0, 0.05) is 45.3 Å². The highest BCUT2D eigenvalue weighted by Gasteiger charge is 2.31. The van der Waals surface area contributed by atoms with Crippen LogP contribution in [0.1, 0.15) is 13.3 Å². The van der Waals surface area contributed by atoms with Crippen LogP contribution >= 0.6 is 0 Å². The molecule has 0 bridgehead atoms. The van der Waals surface area contributed by atoms with Crippen LogP contribution in [0.25, 0.3) is 0 Å². The molecule has 2 fully saturated rings. The molecule has 5 nitrogen and oxygen atoms in total. The van der Waals surface area contributed by atoms with Gasteiger partial charge in [0.25, 0.3) is 0 Å². The summed E-state index contributed by atoms with van der Waals surface area (Å²) in [6.07, 6.45) is 0.800. The van der Waals surface area contributed by atoms with E-state index < -0.39 is 5.97 Å². The summed E-state index contributed by atoms with van der Waals surface area (Å²) in [5.74, 6) is -0.868. The second-order valence-electron chi connectivity index (χ2n) is 5.05. The molecule has 0 aliphatic carbocycles. The van der Waals surface area contributed by atoms with E-state index in [0.29, 0.717) is 12.6 Å². The van der Waals surface area contributed by atoms with Crippen LogP contribution < -0.4 is 5.32 Å². The standard InChI is InChI=1S/C12H23N3O2/c1-2-14-3-5-15(6-4-14)11-7-10(12(16)17)8-13-9-11/h10-11,13H,2-9H2,1H3,(H,16,17)/t10-,11-/m1/s1. The molecule has 0 spiro atoms. The quantitative estimate of drug-likeness (QED) is 0.710. The summed E-state index contributed by atoms with van der Waals surface area (Å²) < 4.78 is 0. The van der Waals surface area contributed by atoms with Crippen LogP contribution in [0, 0.1) is 5.92 Å². The van der Waals surface area contributed by atoms with Gasteiger partial charge in [-0.15, -0.1) is 0 Å². The minimum Gasteiger partial charge on any atom is -0.481 e. The lowest BCUT2D eigenvalue weighted by Crippen LogP contribution is -2.56. The number of nitrogens with zero attached hydrogens (tertiary/aromatic N) is 2. The zero-order chi connectivity index (χ0) is 12.3. The van der Waals surface area contributed by atoms with Gasteiger partial charge in [-0.3, -0.25) is 9.69 Å². The van der Waals surface area contributed by atoms with Crippen LogP contribution in [0.2, 0.25) is 0 Å². The molecule has 0 aromatic rings. The van der Waals surface area contributed by atoms with Crippen molar-refractivity contribution < 1.29 is 9.90 Å². The number of carboxylic acid groups (broad SMARTS) is 1. The van der Waals surface area contributed by atoms with E-state index in [0.717, 1.165) is 45.7 Å². The normalized spacial score (nSPS) is 32.5. The Morgan fingerprint density at radius 2 is 2.00 bits per heavy atom. The number of likely N-dealkylation sites (N-methyl/N-ethyl adjacent to an activating group) is 1. The molecule has 0 aromatic heterocycles. The fourth-order valence-corrected chi connectivity index (χ4v) is 2.83. The van der Waals surface area contributed by atoms with Crippen LogP contribution in [0.4, 0.5) is 0 Å². The van der Waals surface area contributed by atoms with E-state index in [1.54, 1.807) is 0 Å². The molecule has 2 aliphatic heterocycles. The number of piperidine rings is 1. The summed E-state index contributed by atoms with van der Waals surface area (Å²) in [6, 6.07) is 0.406. The number of carbonyl (C=O) groups is 1. The van der Waals surface area contributed by atoms with E-state index in [4.69, 9.17) is 5.11 Å². The summed E-state index contributed by atoms with van der Waals surface area (Å²) in [5.41, 5.74) is 0. The van der Waals surface area contributed by atoms with Crippen LogP contribution in [-0.4, -0.2) is 72.7 Å². The fraction of sp³-hybridized carbons (Fsp3) is 0.917. The van der Waals surface area contributed by atoms with Gasteiger partial charge < -0.3 is 15.3 Å². The molecular weight excluding hydrogens is 218 g/mol. The number of hydrogen-bond donors (Lipinski definition) is 2. The molecule has 0 radical (unpaired) electrons. The van der Waals surface area contributed by atoms with Gasteiger partial charge in [-0.2, -0.15) is 0 Å². The van der Waals surface area contributed by atoms with E-state index in [1.807, 2.05) is 0 Å². The predicted molar refractivity (Wildman–Crippen MR) is 66.1 cm³/mol. The molecule has 2 rings (SSSR count). The molecular formula is C12H23N3O2. The minimum absolute atomic E-state index is 0.210. The highest BCUT2D eigenvalue weighted by Crippen LogP contribution is 2.17. The topological polar surface area (TPSA) is 55.8 Å². The van der Waals surface area contributed by atoms with E-state index in [1.165, 1.54) is 0 Å². The van der Waals surface area contributed by atoms with E-state index >= 15 is 0 Å². The highest BCUT2D eigenvalue weighted by molar-refractivity contribution is 5.70. The Kier molecular flexibility index (Phi) is 4.36. The number of carboxylic acids is 1. The number of aliphatic carboxylic acids is 1. The smallest absolute Gasteiger partial charge is 0.307 e. The molecule has 2 saturated heterocycles. The number of piperazine rings is 1. The van der Waals surface area contributed by atoms with E-state index in [9.17, 15) is 4.79 Å². The van der Waals surface area contributed by atoms with Gasteiger partial charge in [-0.05, 0) is 13.0 Å². The van der Waals surface area contributed by atoms with Gasteiger partial charge in [-0.1, -0.05) is 6.92 Å². The highest BCUT2D eigenvalue weighted by atomic mass is 16.4. The lowest BCUT2D eigenvalue weighted by molar-refractivity contribution is -0.143. The van der Waals surface area contributed by atoms with Crippen LogP contribution in [0.5, 0.6) is 0 Å². The minimum atomic E-state index is -0.658. The third-order valence-corrected chi connectivity index (χ3v) is 4.05. The monoisotopic (exact) mass is 241 g/mol. The zero-order valence-corrected chi connectivity index (χ0v) is 10.6. The second-order valence-corrected chi connectivity index (χ2v) is 5.05. The maximum Gasteiger partial charge on any atom is 0.307 e. The molecule has 0 amide bonds. The summed E-state index contributed by atoms with van der Waals surface area (Å²) in [7, 11) is 0. The average molecular weight is 241 g/mol. The Bertz CT molecular complexity index is 264. The van der Waals surface area contributed by atoms with Crippen molar-refractivity contribution in [1.29, 1.82) is 0 Å². The largest absolute Gasteiger partial charge is 0.481 e. The van der Waals surface area contributed by atoms with Crippen LogP contribution in [0.15, 0.2) is 0 Å². The zero-order valence-electron chi connectivity index (χ0n) is 10.6. The van der Waals surface area contributed by atoms with Crippen molar-refractivity contribution in [1.82, 2.24) is 15.1 Å². The van der Waals surface area contributed by atoms with E-state index in [-0.39, 0.29) is 5.92 Å². The van der Waals surface area contributed by atoms with E-state index in [2.05, 4.69) is 22.0 Å². The van der Waals surface area contributed by atoms with Gasteiger partial charge in [0.15, 0.2) is 0 Å². The first kappa shape index (κ1) is 12.8. The Balaban J connectivity index is 1.84. The second kappa shape index (κ2) is 5.80. The molecule has 2 atom stereocenters. The summed E-state index contributed by atoms with van der Waals surface area (Å²) >= 11 is 0. The lowest BCUT2D eigenvalue weighted by Gasteiger charge is -2.41. The molecule has 17 heavy (non-hydrogen) atoms. The van der Waals surface area contributed by atoms with Crippen molar-refractivity contribution in [2.24, 2.45) is 5.92 Å². The molecule has 0 aromatic carbocycles. The Labute approximate surface area is 103 Å². The molecule has 0 saturated carbocycles. The summed E-state index contributed by atoms with van der Waals surface area (Å²) in [6.45, 7) is 9.26. The van der Waals surface area contributed by atoms with Crippen molar-refractivity contribution in [2.45, 2.75) is 19.4 Å². The lowest BCUT2D eigenvalue weighted by atomic mass is 9.94. The maximum atomic E-state index is 11.0. The number of rotatable bonds is 3. The Morgan fingerprint density at radius 1 is 1.29 bits per heavy atom. The van der Waals surface area contributed by atoms with Gasteiger partial charge in [0.05, 0.1) is 5.92 Å². The van der Waals surface area contributed by atoms with Crippen molar-refractivity contribution in [3.63, 3.8) is 0 Å². The predicted octanol–water partition coefficient (Wildman–Crippen LogP) is -0.313. The van der Waals surface area contributed by atoms with Crippen molar-refractivity contribution in [3.05, 3.63) is 0 Å². The average Bonchev–Trinajstić information content (AvgIpc) is 2.39. The summed E-state index contributed by atoms with van der Waals surface area (Å²) in [5, 5.41) is 12.3. The van der Waals surface area contributed by atoms with Gasteiger partial charge in [0.1, 0.15) is 0 Å². The first-order valence-corrected chi connectivity index (χ1v) is 6.60.